The van der Waals surface area contributed by atoms with Crippen molar-refractivity contribution in [1.82, 2.24) is 9.97 Å². The van der Waals surface area contributed by atoms with Crippen LogP contribution in [-0.2, 0) is 4.79 Å². The molecule has 1 aromatic heterocycles. The molecule has 2 rings (SSSR count). The lowest BCUT2D eigenvalue weighted by atomic mass is 10.1. The Balaban J connectivity index is 2.42. The molecule has 0 aliphatic carbocycles. The molecule has 98 valence electrons. The molecule has 4 nitrogen and oxygen atoms in total. The van der Waals surface area contributed by atoms with Crippen LogP contribution in [0.3, 0.4) is 0 Å². The number of hydrogen-bond acceptors (Lipinski definition) is 3. The van der Waals surface area contributed by atoms with Crippen LogP contribution >= 0.6 is 0 Å². The van der Waals surface area contributed by atoms with Crippen molar-refractivity contribution in [2.75, 3.05) is 0 Å². The van der Waals surface area contributed by atoms with Gasteiger partial charge in [0.15, 0.2) is 0 Å². The Morgan fingerprint density at radius 1 is 1.37 bits per heavy atom. The van der Waals surface area contributed by atoms with Gasteiger partial charge in [0.2, 0.25) is 0 Å². The maximum absolute atomic E-state index is 11.2. The maximum Gasteiger partial charge on any atom is 0.314 e. The Morgan fingerprint density at radius 2 is 2.16 bits per heavy atom. The second kappa shape index (κ2) is 5.61. The molecule has 0 saturated carbocycles. The number of aryl methyl sites for hydroxylation is 1. The predicted molar refractivity (Wildman–Crippen MR) is 72.9 cm³/mol. The summed E-state index contributed by atoms with van der Waals surface area (Å²) >= 11 is 0. The maximum atomic E-state index is 11.2. The SMILES string of the molecule is CCC(C(=O)O)c1nccc(-c2cccc(C)c2)n1. The predicted octanol–water partition coefficient (Wildman–Crippen LogP) is 3.03. The molecule has 2 aromatic rings. The van der Waals surface area contributed by atoms with Crippen molar-refractivity contribution in [1.29, 1.82) is 0 Å². The van der Waals surface area contributed by atoms with E-state index in [9.17, 15) is 4.79 Å². The van der Waals surface area contributed by atoms with Gasteiger partial charge in [-0.2, -0.15) is 0 Å². The fourth-order valence-corrected chi connectivity index (χ4v) is 1.97. The highest BCUT2D eigenvalue weighted by Gasteiger charge is 2.20. The summed E-state index contributed by atoms with van der Waals surface area (Å²) in [6.45, 7) is 3.83. The van der Waals surface area contributed by atoms with Gasteiger partial charge in [0.05, 0.1) is 5.69 Å². The number of nitrogens with zero attached hydrogens (tertiary/aromatic N) is 2. The molecule has 19 heavy (non-hydrogen) atoms. The highest BCUT2D eigenvalue weighted by atomic mass is 16.4. The van der Waals surface area contributed by atoms with Gasteiger partial charge in [0, 0.05) is 11.8 Å². The Kier molecular flexibility index (Phi) is 3.90. The zero-order valence-corrected chi connectivity index (χ0v) is 11.0. The number of carboxylic acid groups (broad SMARTS) is 1. The number of carbonyl (C=O) groups is 1. The van der Waals surface area contributed by atoms with Crippen LogP contribution in [0, 0.1) is 6.92 Å². The second-order valence-corrected chi connectivity index (χ2v) is 4.47. The molecule has 0 amide bonds. The van der Waals surface area contributed by atoms with Crippen molar-refractivity contribution in [3.05, 3.63) is 47.9 Å². The number of carboxylic acids is 1. The van der Waals surface area contributed by atoms with Crippen molar-refractivity contribution in [2.24, 2.45) is 0 Å². The molecule has 0 bridgehead atoms. The minimum Gasteiger partial charge on any atom is -0.481 e. The number of aromatic nitrogens is 2. The van der Waals surface area contributed by atoms with Crippen LogP contribution in [0.1, 0.15) is 30.7 Å². The van der Waals surface area contributed by atoms with Crippen LogP contribution in [0.4, 0.5) is 0 Å². The lowest BCUT2D eigenvalue weighted by Gasteiger charge is -2.09. The van der Waals surface area contributed by atoms with E-state index in [1.807, 2.05) is 38.1 Å². The topological polar surface area (TPSA) is 63.1 Å². The van der Waals surface area contributed by atoms with Gasteiger partial charge < -0.3 is 5.11 Å². The van der Waals surface area contributed by atoms with Crippen molar-refractivity contribution in [3.8, 4) is 11.3 Å². The molecule has 1 heterocycles. The first kappa shape index (κ1) is 13.2. The van der Waals surface area contributed by atoms with Crippen LogP contribution in [0.15, 0.2) is 36.5 Å². The van der Waals surface area contributed by atoms with Gasteiger partial charge in [0.25, 0.3) is 0 Å². The summed E-state index contributed by atoms with van der Waals surface area (Å²) in [5.41, 5.74) is 2.88. The molecular formula is C15H16N2O2. The van der Waals surface area contributed by atoms with Gasteiger partial charge in [-0.05, 0) is 25.5 Å². The summed E-state index contributed by atoms with van der Waals surface area (Å²) < 4.78 is 0. The van der Waals surface area contributed by atoms with Crippen molar-refractivity contribution in [2.45, 2.75) is 26.2 Å². The van der Waals surface area contributed by atoms with Crippen LogP contribution in [-0.4, -0.2) is 21.0 Å². The molecule has 0 saturated heterocycles. The van der Waals surface area contributed by atoms with Crippen LogP contribution in [0.5, 0.6) is 0 Å². The molecule has 0 spiro atoms. The number of rotatable bonds is 4. The molecule has 1 unspecified atom stereocenters. The molecular weight excluding hydrogens is 240 g/mol. The summed E-state index contributed by atoms with van der Waals surface area (Å²) in [4.78, 5) is 19.6. The lowest BCUT2D eigenvalue weighted by molar-refractivity contribution is -0.139. The first-order chi connectivity index (χ1) is 9.11. The molecule has 0 radical (unpaired) electrons. The Morgan fingerprint density at radius 3 is 2.79 bits per heavy atom. The van der Waals surface area contributed by atoms with E-state index in [0.29, 0.717) is 12.2 Å². The number of hydrogen-bond donors (Lipinski definition) is 1. The average Bonchev–Trinajstić information content (AvgIpc) is 2.39. The van der Waals surface area contributed by atoms with E-state index in [1.165, 1.54) is 0 Å². The number of aliphatic carboxylic acids is 1. The van der Waals surface area contributed by atoms with Crippen molar-refractivity contribution in [3.63, 3.8) is 0 Å². The monoisotopic (exact) mass is 256 g/mol. The summed E-state index contributed by atoms with van der Waals surface area (Å²) in [5.74, 6) is -1.16. The van der Waals surface area contributed by atoms with E-state index in [1.54, 1.807) is 12.3 Å². The molecule has 1 aromatic carbocycles. The highest BCUT2D eigenvalue weighted by molar-refractivity contribution is 5.75. The zero-order valence-electron chi connectivity index (χ0n) is 11.0. The standard InChI is InChI=1S/C15H16N2O2/c1-3-12(15(18)19)14-16-8-7-13(17-14)11-6-4-5-10(2)9-11/h4-9,12H,3H2,1-2H3,(H,18,19). The smallest absolute Gasteiger partial charge is 0.314 e. The minimum absolute atomic E-state index is 0.369. The van der Waals surface area contributed by atoms with E-state index >= 15 is 0 Å². The fourth-order valence-electron chi connectivity index (χ4n) is 1.97. The first-order valence-corrected chi connectivity index (χ1v) is 6.24. The highest BCUT2D eigenvalue weighted by Crippen LogP contribution is 2.21. The molecule has 0 fully saturated rings. The summed E-state index contributed by atoms with van der Waals surface area (Å²) in [5, 5.41) is 9.15. The third-order valence-corrected chi connectivity index (χ3v) is 3.01. The molecule has 4 heteroatoms. The first-order valence-electron chi connectivity index (χ1n) is 6.24. The summed E-state index contributed by atoms with van der Waals surface area (Å²) in [6.07, 6.45) is 2.10. The van der Waals surface area contributed by atoms with Gasteiger partial charge in [0.1, 0.15) is 11.7 Å². The van der Waals surface area contributed by atoms with E-state index < -0.39 is 11.9 Å². The van der Waals surface area contributed by atoms with E-state index in [4.69, 9.17) is 5.11 Å². The van der Waals surface area contributed by atoms with Crippen LogP contribution in [0.25, 0.3) is 11.3 Å². The fraction of sp³-hybridized carbons (Fsp3) is 0.267. The number of benzene rings is 1. The van der Waals surface area contributed by atoms with Gasteiger partial charge in [-0.25, -0.2) is 9.97 Å². The third-order valence-electron chi connectivity index (χ3n) is 3.01. The van der Waals surface area contributed by atoms with E-state index in [-0.39, 0.29) is 0 Å². The van der Waals surface area contributed by atoms with Crippen molar-refractivity contribution >= 4 is 5.97 Å². The lowest BCUT2D eigenvalue weighted by Crippen LogP contribution is -2.14. The van der Waals surface area contributed by atoms with Gasteiger partial charge in [-0.1, -0.05) is 30.7 Å². The molecule has 1 N–H and O–H groups in total. The Labute approximate surface area is 112 Å². The Bertz CT molecular complexity index is 596. The molecule has 0 aliphatic rings. The average molecular weight is 256 g/mol. The van der Waals surface area contributed by atoms with Crippen molar-refractivity contribution < 1.29 is 9.90 Å². The summed E-state index contributed by atoms with van der Waals surface area (Å²) in [6, 6.07) is 9.75. The second-order valence-electron chi connectivity index (χ2n) is 4.47. The van der Waals surface area contributed by atoms with Gasteiger partial charge in [-0.15, -0.1) is 0 Å². The normalized spacial score (nSPS) is 12.1. The molecule has 1 atom stereocenters. The van der Waals surface area contributed by atoms with Crippen LogP contribution < -0.4 is 0 Å². The van der Waals surface area contributed by atoms with E-state index in [0.717, 1.165) is 16.8 Å². The zero-order chi connectivity index (χ0) is 13.8. The third kappa shape index (κ3) is 2.96. The Hall–Kier alpha value is -2.23. The minimum atomic E-state index is -0.885. The largest absolute Gasteiger partial charge is 0.481 e. The van der Waals surface area contributed by atoms with E-state index in [2.05, 4.69) is 9.97 Å². The van der Waals surface area contributed by atoms with Crippen LogP contribution in [0.2, 0.25) is 0 Å². The van der Waals surface area contributed by atoms with Gasteiger partial charge in [-0.3, -0.25) is 4.79 Å². The van der Waals surface area contributed by atoms with Gasteiger partial charge >= 0.3 is 5.97 Å². The quantitative estimate of drug-likeness (QED) is 0.913. The summed E-state index contributed by atoms with van der Waals surface area (Å²) in [7, 11) is 0. The molecule has 0 aliphatic heterocycles.